The third-order valence-electron chi connectivity index (χ3n) is 5.13. The topological polar surface area (TPSA) is 87.2 Å². The van der Waals surface area contributed by atoms with Gasteiger partial charge in [0.2, 0.25) is 10.0 Å². The minimum absolute atomic E-state index is 0.0291. The van der Waals surface area contributed by atoms with Gasteiger partial charge in [-0.25, -0.2) is 12.7 Å². The molecule has 0 spiro atoms. The Morgan fingerprint density at radius 1 is 1.19 bits per heavy atom. The molecule has 1 aromatic rings. The summed E-state index contributed by atoms with van der Waals surface area (Å²) in [6.07, 6.45) is 4.00. The van der Waals surface area contributed by atoms with Crippen molar-refractivity contribution < 1.29 is 23.1 Å². The standard InChI is InChI=1S/C18H26N2O5S/c1-26(23,24)19-11-8-15(9-12-19)25-17-7-3-2-6-16(17)18(22)20-10-4-5-14(20)13-21/h2-3,6-7,14-15,21H,4-5,8-13H2,1H3/t14-/m0/s1. The normalized spacial score (nSPS) is 22.5. The summed E-state index contributed by atoms with van der Waals surface area (Å²) in [4.78, 5) is 14.6. The van der Waals surface area contributed by atoms with Crippen molar-refractivity contribution in [3.63, 3.8) is 0 Å². The van der Waals surface area contributed by atoms with Crippen LogP contribution in [0.4, 0.5) is 0 Å². The Hall–Kier alpha value is -1.64. The van der Waals surface area contributed by atoms with Crippen molar-refractivity contribution in [2.75, 3.05) is 32.5 Å². The molecule has 3 rings (SSSR count). The average Bonchev–Trinajstić information content (AvgIpc) is 3.10. The van der Waals surface area contributed by atoms with Crippen molar-refractivity contribution in [2.24, 2.45) is 0 Å². The van der Waals surface area contributed by atoms with Gasteiger partial charge in [-0.1, -0.05) is 12.1 Å². The van der Waals surface area contributed by atoms with E-state index in [1.807, 2.05) is 6.07 Å². The molecule has 2 fully saturated rings. The molecule has 1 N–H and O–H groups in total. The second-order valence-electron chi connectivity index (χ2n) is 6.95. The molecule has 0 aliphatic carbocycles. The third-order valence-corrected chi connectivity index (χ3v) is 6.43. The van der Waals surface area contributed by atoms with Crippen LogP contribution in [0.3, 0.4) is 0 Å². The Balaban J connectivity index is 1.69. The van der Waals surface area contributed by atoms with Gasteiger partial charge in [-0.2, -0.15) is 0 Å². The number of nitrogens with zero attached hydrogens (tertiary/aromatic N) is 2. The molecule has 144 valence electrons. The second kappa shape index (κ2) is 7.94. The van der Waals surface area contributed by atoms with Crippen LogP contribution in [0.5, 0.6) is 5.75 Å². The lowest BCUT2D eigenvalue weighted by Gasteiger charge is -2.31. The number of hydrogen-bond donors (Lipinski definition) is 1. The second-order valence-corrected chi connectivity index (χ2v) is 8.94. The zero-order valence-corrected chi connectivity index (χ0v) is 15.8. The van der Waals surface area contributed by atoms with E-state index in [0.29, 0.717) is 43.8 Å². The molecule has 7 nitrogen and oxygen atoms in total. The summed E-state index contributed by atoms with van der Waals surface area (Å²) in [6.45, 7) is 1.47. The lowest BCUT2D eigenvalue weighted by molar-refractivity contribution is 0.0666. The van der Waals surface area contributed by atoms with Gasteiger partial charge >= 0.3 is 0 Å². The van der Waals surface area contributed by atoms with Crippen LogP contribution >= 0.6 is 0 Å². The summed E-state index contributed by atoms with van der Waals surface area (Å²) in [6, 6.07) is 7.02. The maximum Gasteiger partial charge on any atom is 0.257 e. The molecule has 1 atom stereocenters. The Morgan fingerprint density at radius 2 is 1.88 bits per heavy atom. The molecule has 2 heterocycles. The number of aliphatic hydroxyl groups is 1. The number of sulfonamides is 1. The number of piperidine rings is 1. The highest BCUT2D eigenvalue weighted by Crippen LogP contribution is 2.27. The molecule has 1 amide bonds. The molecule has 8 heteroatoms. The van der Waals surface area contributed by atoms with Crippen molar-refractivity contribution >= 4 is 15.9 Å². The molecule has 0 saturated carbocycles. The summed E-state index contributed by atoms with van der Waals surface area (Å²) in [5.41, 5.74) is 0.499. The first-order valence-corrected chi connectivity index (χ1v) is 10.9. The van der Waals surface area contributed by atoms with Crippen molar-refractivity contribution in [3.05, 3.63) is 29.8 Å². The van der Waals surface area contributed by atoms with E-state index < -0.39 is 10.0 Å². The van der Waals surface area contributed by atoms with Crippen LogP contribution in [0.15, 0.2) is 24.3 Å². The van der Waals surface area contributed by atoms with Gasteiger partial charge in [-0.05, 0) is 37.8 Å². The number of hydrogen-bond acceptors (Lipinski definition) is 5. The van der Waals surface area contributed by atoms with Gasteiger partial charge in [0.1, 0.15) is 11.9 Å². The number of amides is 1. The maximum atomic E-state index is 12.9. The van der Waals surface area contributed by atoms with Gasteiger partial charge in [-0.15, -0.1) is 0 Å². The molecular weight excluding hydrogens is 356 g/mol. The van der Waals surface area contributed by atoms with Gasteiger partial charge in [0, 0.05) is 19.6 Å². The van der Waals surface area contributed by atoms with E-state index in [4.69, 9.17) is 4.74 Å². The quantitative estimate of drug-likeness (QED) is 0.824. The molecular formula is C18H26N2O5S. The van der Waals surface area contributed by atoms with E-state index in [0.717, 1.165) is 12.8 Å². The van der Waals surface area contributed by atoms with E-state index in [9.17, 15) is 18.3 Å². The van der Waals surface area contributed by atoms with E-state index >= 15 is 0 Å². The molecule has 1 aromatic carbocycles. The highest BCUT2D eigenvalue weighted by molar-refractivity contribution is 7.88. The highest BCUT2D eigenvalue weighted by atomic mass is 32.2. The molecule has 0 aromatic heterocycles. The number of carbonyl (C=O) groups is 1. The van der Waals surface area contributed by atoms with Crippen molar-refractivity contribution in [3.8, 4) is 5.75 Å². The fraction of sp³-hybridized carbons (Fsp3) is 0.611. The Morgan fingerprint density at radius 3 is 2.54 bits per heavy atom. The smallest absolute Gasteiger partial charge is 0.257 e. The average molecular weight is 382 g/mol. The van der Waals surface area contributed by atoms with E-state index in [1.165, 1.54) is 10.6 Å². The molecule has 26 heavy (non-hydrogen) atoms. The van der Waals surface area contributed by atoms with Crippen LogP contribution in [-0.4, -0.2) is 73.3 Å². The number of benzene rings is 1. The summed E-state index contributed by atoms with van der Waals surface area (Å²) in [5.74, 6) is 0.407. The fourth-order valence-electron chi connectivity index (χ4n) is 3.65. The van der Waals surface area contributed by atoms with Gasteiger partial charge in [-0.3, -0.25) is 4.79 Å². The summed E-state index contributed by atoms with van der Waals surface area (Å²) < 4.78 is 30.8. The van der Waals surface area contributed by atoms with E-state index in [1.54, 1.807) is 23.1 Å². The predicted octanol–water partition coefficient (Wildman–Crippen LogP) is 1.09. The summed E-state index contributed by atoms with van der Waals surface area (Å²) in [5, 5.41) is 9.47. The van der Waals surface area contributed by atoms with Crippen molar-refractivity contribution in [1.29, 1.82) is 0 Å². The molecule has 0 unspecified atom stereocenters. The number of ether oxygens (including phenoxy) is 1. The zero-order chi connectivity index (χ0) is 18.7. The number of carbonyl (C=O) groups excluding carboxylic acids is 1. The first kappa shape index (κ1) is 19.1. The van der Waals surface area contributed by atoms with Crippen molar-refractivity contribution in [1.82, 2.24) is 9.21 Å². The van der Waals surface area contributed by atoms with Gasteiger partial charge in [0.15, 0.2) is 0 Å². The number of rotatable bonds is 5. The van der Waals surface area contributed by atoms with Crippen LogP contribution in [0.25, 0.3) is 0 Å². The Bertz CT molecular complexity index is 744. The lowest BCUT2D eigenvalue weighted by atomic mass is 10.1. The molecule has 2 aliphatic heterocycles. The summed E-state index contributed by atoms with van der Waals surface area (Å²) >= 11 is 0. The number of likely N-dealkylation sites (tertiary alicyclic amines) is 1. The minimum Gasteiger partial charge on any atom is -0.489 e. The van der Waals surface area contributed by atoms with Crippen LogP contribution in [0, 0.1) is 0 Å². The minimum atomic E-state index is -3.17. The first-order chi connectivity index (χ1) is 12.4. The largest absolute Gasteiger partial charge is 0.489 e. The van der Waals surface area contributed by atoms with Gasteiger partial charge in [0.05, 0.1) is 24.5 Å². The predicted molar refractivity (Wildman–Crippen MR) is 97.7 cm³/mol. The zero-order valence-electron chi connectivity index (χ0n) is 15.0. The maximum absolute atomic E-state index is 12.9. The van der Waals surface area contributed by atoms with Crippen LogP contribution in [-0.2, 0) is 10.0 Å². The molecule has 2 aliphatic rings. The molecule has 2 saturated heterocycles. The van der Waals surface area contributed by atoms with Gasteiger partial charge < -0.3 is 14.7 Å². The number of para-hydroxylation sites is 1. The monoisotopic (exact) mass is 382 g/mol. The van der Waals surface area contributed by atoms with E-state index in [2.05, 4.69) is 0 Å². The van der Waals surface area contributed by atoms with Gasteiger partial charge in [0.25, 0.3) is 5.91 Å². The SMILES string of the molecule is CS(=O)(=O)N1CCC(Oc2ccccc2C(=O)N2CCC[C@H]2CO)CC1. The summed E-state index contributed by atoms with van der Waals surface area (Å²) in [7, 11) is -3.17. The highest BCUT2D eigenvalue weighted by Gasteiger charge is 2.31. The van der Waals surface area contributed by atoms with Crippen LogP contribution in [0.2, 0.25) is 0 Å². The fourth-order valence-corrected chi connectivity index (χ4v) is 4.53. The van der Waals surface area contributed by atoms with E-state index in [-0.39, 0.29) is 24.7 Å². The third kappa shape index (κ3) is 4.19. The molecule has 0 bridgehead atoms. The Kier molecular flexibility index (Phi) is 5.84. The first-order valence-electron chi connectivity index (χ1n) is 9.03. The van der Waals surface area contributed by atoms with Crippen LogP contribution in [0.1, 0.15) is 36.0 Å². The number of aliphatic hydroxyl groups excluding tert-OH is 1. The Labute approximate surface area is 154 Å². The van der Waals surface area contributed by atoms with Crippen LogP contribution < -0.4 is 4.74 Å². The molecule has 0 radical (unpaired) electrons. The lowest BCUT2D eigenvalue weighted by Crippen LogP contribution is -2.41. The van der Waals surface area contributed by atoms with Crippen molar-refractivity contribution in [2.45, 2.75) is 37.8 Å².